The second kappa shape index (κ2) is 7.05. The summed E-state index contributed by atoms with van der Waals surface area (Å²) in [7, 11) is 0. The minimum absolute atomic E-state index is 0.625. The van der Waals surface area contributed by atoms with Gasteiger partial charge >= 0.3 is 6.18 Å². The molecule has 1 aliphatic rings. The molecule has 0 spiro atoms. The molecule has 2 aromatic rings. The van der Waals surface area contributed by atoms with E-state index in [2.05, 4.69) is 9.89 Å². The zero-order valence-corrected chi connectivity index (χ0v) is 13.0. The first-order valence-corrected chi connectivity index (χ1v) is 7.66. The molecule has 1 fully saturated rings. The first-order chi connectivity index (χ1) is 11.5. The van der Waals surface area contributed by atoms with Gasteiger partial charge in [-0.25, -0.2) is 0 Å². The molecule has 0 aliphatic carbocycles. The van der Waals surface area contributed by atoms with E-state index < -0.39 is 11.7 Å². The fourth-order valence-corrected chi connectivity index (χ4v) is 2.48. The van der Waals surface area contributed by atoms with E-state index >= 15 is 0 Å². The van der Waals surface area contributed by atoms with Crippen LogP contribution in [0.15, 0.2) is 53.5 Å². The Balaban J connectivity index is 1.66. The lowest BCUT2D eigenvalue weighted by Crippen LogP contribution is -2.36. The molecule has 0 amide bonds. The molecular weight excluding hydrogens is 317 g/mol. The predicted octanol–water partition coefficient (Wildman–Crippen LogP) is 4.29. The lowest BCUT2D eigenvalue weighted by molar-refractivity contribution is -0.137. The van der Waals surface area contributed by atoms with E-state index in [9.17, 15) is 13.2 Å². The van der Waals surface area contributed by atoms with Crippen LogP contribution in [0.2, 0.25) is 0 Å². The van der Waals surface area contributed by atoms with Crippen molar-refractivity contribution in [1.29, 1.82) is 0 Å². The van der Waals surface area contributed by atoms with Crippen molar-refractivity contribution in [3.8, 4) is 0 Å². The fourth-order valence-electron chi connectivity index (χ4n) is 2.48. The van der Waals surface area contributed by atoms with Crippen LogP contribution in [0, 0.1) is 0 Å². The summed E-state index contributed by atoms with van der Waals surface area (Å²) in [6.07, 6.45) is -2.76. The molecule has 24 heavy (non-hydrogen) atoms. The van der Waals surface area contributed by atoms with Gasteiger partial charge in [0, 0.05) is 25.0 Å². The third-order valence-corrected chi connectivity index (χ3v) is 3.83. The average molecular weight is 334 g/mol. The fraction of sp³-hybridized carbons (Fsp3) is 0.278. The summed E-state index contributed by atoms with van der Waals surface area (Å²) >= 11 is 0. The van der Waals surface area contributed by atoms with E-state index in [0.717, 1.165) is 49.8 Å². The summed E-state index contributed by atoms with van der Waals surface area (Å²) < 4.78 is 42.9. The second-order valence-corrected chi connectivity index (χ2v) is 5.49. The maximum Gasteiger partial charge on any atom is 0.416 e. The van der Waals surface area contributed by atoms with Gasteiger partial charge in [0.2, 0.25) is 0 Å². The number of rotatable bonds is 3. The molecular formula is C18H17F3N2O. The van der Waals surface area contributed by atoms with Gasteiger partial charge in [0.25, 0.3) is 0 Å². The Morgan fingerprint density at radius 1 is 0.917 bits per heavy atom. The quantitative estimate of drug-likeness (QED) is 0.782. The highest BCUT2D eigenvalue weighted by Gasteiger charge is 2.29. The van der Waals surface area contributed by atoms with Gasteiger partial charge in [-0.1, -0.05) is 12.1 Å². The molecule has 0 aromatic heterocycles. The highest BCUT2D eigenvalue weighted by atomic mass is 19.4. The Bertz CT molecular complexity index is 688. The molecule has 3 nitrogen and oxygen atoms in total. The van der Waals surface area contributed by atoms with E-state index in [1.165, 1.54) is 12.1 Å². The molecule has 6 heteroatoms. The van der Waals surface area contributed by atoms with Crippen molar-refractivity contribution < 1.29 is 17.9 Å². The molecule has 3 rings (SSSR count). The number of alkyl halides is 3. The van der Waals surface area contributed by atoms with Crippen LogP contribution in [0.1, 0.15) is 11.1 Å². The SMILES string of the molecule is FC(F)(F)c1ccc(C=Nc2ccc(N3CCOCC3)cc2)cc1. The number of anilines is 1. The lowest BCUT2D eigenvalue weighted by Gasteiger charge is -2.28. The van der Waals surface area contributed by atoms with Crippen LogP contribution >= 0.6 is 0 Å². The largest absolute Gasteiger partial charge is 0.416 e. The zero-order chi connectivity index (χ0) is 17.0. The molecule has 0 saturated carbocycles. The van der Waals surface area contributed by atoms with Gasteiger partial charge in [0.15, 0.2) is 0 Å². The molecule has 1 saturated heterocycles. The van der Waals surface area contributed by atoms with Crippen molar-refractivity contribution in [2.24, 2.45) is 4.99 Å². The summed E-state index contributed by atoms with van der Waals surface area (Å²) in [4.78, 5) is 6.55. The van der Waals surface area contributed by atoms with Gasteiger partial charge in [0.05, 0.1) is 24.5 Å². The number of aliphatic imine (C=N–C) groups is 1. The Morgan fingerprint density at radius 3 is 2.12 bits per heavy atom. The maximum absolute atomic E-state index is 12.5. The zero-order valence-electron chi connectivity index (χ0n) is 13.0. The Morgan fingerprint density at radius 2 is 1.54 bits per heavy atom. The van der Waals surface area contributed by atoms with Crippen LogP contribution in [0.5, 0.6) is 0 Å². The summed E-state index contributed by atoms with van der Waals surface area (Å²) in [5.41, 5.74) is 1.84. The van der Waals surface area contributed by atoms with Gasteiger partial charge in [0.1, 0.15) is 0 Å². The van der Waals surface area contributed by atoms with E-state index in [-0.39, 0.29) is 0 Å². The number of morpholine rings is 1. The van der Waals surface area contributed by atoms with Crippen molar-refractivity contribution >= 4 is 17.6 Å². The lowest BCUT2D eigenvalue weighted by atomic mass is 10.1. The standard InChI is InChI=1S/C18H17F3N2O/c19-18(20,21)15-3-1-14(2-4-15)13-22-16-5-7-17(8-6-16)23-9-11-24-12-10-23/h1-8,13H,9-12H2. The van der Waals surface area contributed by atoms with Crippen LogP contribution < -0.4 is 4.90 Å². The molecule has 0 bridgehead atoms. The van der Waals surface area contributed by atoms with Crippen molar-refractivity contribution in [2.75, 3.05) is 31.2 Å². The topological polar surface area (TPSA) is 24.8 Å². The maximum atomic E-state index is 12.5. The third-order valence-electron chi connectivity index (χ3n) is 3.83. The smallest absolute Gasteiger partial charge is 0.378 e. The van der Waals surface area contributed by atoms with Crippen LogP contribution in [0.25, 0.3) is 0 Å². The first kappa shape index (κ1) is 16.5. The number of hydrogen-bond acceptors (Lipinski definition) is 3. The molecule has 1 aliphatic heterocycles. The number of nitrogens with zero attached hydrogens (tertiary/aromatic N) is 2. The highest BCUT2D eigenvalue weighted by Crippen LogP contribution is 2.29. The van der Waals surface area contributed by atoms with Crippen molar-refractivity contribution in [3.05, 3.63) is 59.7 Å². The van der Waals surface area contributed by atoms with Gasteiger partial charge < -0.3 is 9.64 Å². The average Bonchev–Trinajstić information content (AvgIpc) is 2.61. The van der Waals surface area contributed by atoms with E-state index in [1.54, 1.807) is 6.21 Å². The van der Waals surface area contributed by atoms with Crippen molar-refractivity contribution in [2.45, 2.75) is 6.18 Å². The van der Waals surface area contributed by atoms with Crippen LogP contribution in [0.3, 0.4) is 0 Å². The van der Waals surface area contributed by atoms with E-state index in [1.807, 2.05) is 24.3 Å². The van der Waals surface area contributed by atoms with Gasteiger partial charge in [-0.3, -0.25) is 4.99 Å². The van der Waals surface area contributed by atoms with E-state index in [0.29, 0.717) is 5.56 Å². The number of hydrogen-bond donors (Lipinski definition) is 0. The first-order valence-electron chi connectivity index (χ1n) is 7.66. The molecule has 0 N–H and O–H groups in total. The molecule has 0 unspecified atom stereocenters. The minimum Gasteiger partial charge on any atom is -0.378 e. The number of halogens is 3. The van der Waals surface area contributed by atoms with Crippen LogP contribution in [-0.4, -0.2) is 32.5 Å². The predicted molar refractivity (Wildman–Crippen MR) is 88.2 cm³/mol. The normalized spacial score (nSPS) is 15.9. The molecule has 0 atom stereocenters. The molecule has 0 radical (unpaired) electrons. The Hall–Kier alpha value is -2.34. The summed E-state index contributed by atoms with van der Waals surface area (Å²) in [6, 6.07) is 12.7. The third kappa shape index (κ3) is 4.14. The van der Waals surface area contributed by atoms with Gasteiger partial charge in [-0.15, -0.1) is 0 Å². The molecule has 126 valence electrons. The second-order valence-electron chi connectivity index (χ2n) is 5.49. The van der Waals surface area contributed by atoms with Gasteiger partial charge in [-0.2, -0.15) is 13.2 Å². The van der Waals surface area contributed by atoms with Crippen molar-refractivity contribution in [3.63, 3.8) is 0 Å². The van der Waals surface area contributed by atoms with Crippen molar-refractivity contribution in [1.82, 2.24) is 0 Å². The van der Waals surface area contributed by atoms with Gasteiger partial charge in [-0.05, 0) is 42.0 Å². The minimum atomic E-state index is -4.31. The number of ether oxygens (including phenoxy) is 1. The molecule has 1 heterocycles. The van der Waals surface area contributed by atoms with Crippen LogP contribution in [-0.2, 0) is 10.9 Å². The molecule has 2 aromatic carbocycles. The monoisotopic (exact) mass is 334 g/mol. The Labute approximate surface area is 138 Å². The summed E-state index contributed by atoms with van der Waals surface area (Å²) in [5.74, 6) is 0. The Kier molecular flexibility index (Phi) is 4.85. The van der Waals surface area contributed by atoms with E-state index in [4.69, 9.17) is 4.74 Å². The number of benzene rings is 2. The summed E-state index contributed by atoms with van der Waals surface area (Å²) in [5, 5.41) is 0. The summed E-state index contributed by atoms with van der Waals surface area (Å²) in [6.45, 7) is 3.20. The highest BCUT2D eigenvalue weighted by molar-refractivity contribution is 5.82. The van der Waals surface area contributed by atoms with Crippen LogP contribution in [0.4, 0.5) is 24.5 Å².